The average Bonchev–Trinajstić information content (AvgIpc) is 3.14. The van der Waals surface area contributed by atoms with Gasteiger partial charge in [-0.15, -0.1) is 0 Å². The van der Waals surface area contributed by atoms with E-state index < -0.39 is 0 Å². The molecule has 0 saturated carbocycles. The van der Waals surface area contributed by atoms with Crippen LogP contribution in [-0.4, -0.2) is 54.5 Å². The van der Waals surface area contributed by atoms with Gasteiger partial charge in [-0.05, 0) is 57.2 Å². The van der Waals surface area contributed by atoms with Gasteiger partial charge < -0.3 is 14.5 Å². The fraction of sp³-hybridized carbons (Fsp3) is 0.650. The molecule has 2 aliphatic rings. The molecule has 3 rings (SSSR count). The molecule has 0 spiro atoms. The molecule has 0 aliphatic carbocycles. The predicted molar refractivity (Wildman–Crippen MR) is 95.7 cm³/mol. The second kappa shape index (κ2) is 9.19. The minimum Gasteiger partial charge on any atom is -0.367 e. The molecule has 2 fully saturated rings. The molecule has 0 N–H and O–H groups in total. The Hall–Kier alpha value is -1.39. The highest BCUT2D eigenvalue weighted by molar-refractivity contribution is 5.77. The second-order valence-corrected chi connectivity index (χ2v) is 7.05. The Morgan fingerprint density at radius 1 is 1.04 bits per heavy atom. The van der Waals surface area contributed by atoms with E-state index in [1.165, 1.54) is 32.4 Å². The third kappa shape index (κ3) is 5.05. The van der Waals surface area contributed by atoms with Crippen molar-refractivity contribution < 1.29 is 9.53 Å². The van der Waals surface area contributed by atoms with Crippen molar-refractivity contribution in [2.75, 3.05) is 32.8 Å². The summed E-state index contributed by atoms with van der Waals surface area (Å²) in [6.45, 7) is 5.23. The molecular weight excluding hydrogens is 300 g/mol. The summed E-state index contributed by atoms with van der Waals surface area (Å²) in [7, 11) is 0. The lowest BCUT2D eigenvalue weighted by Gasteiger charge is -2.36. The van der Waals surface area contributed by atoms with E-state index in [0.29, 0.717) is 12.6 Å². The number of likely N-dealkylation sites (tertiary alicyclic amines) is 2. The molecule has 4 heteroatoms. The van der Waals surface area contributed by atoms with Crippen molar-refractivity contribution in [1.82, 2.24) is 9.80 Å². The Bertz CT molecular complexity index is 500. The number of rotatable bonds is 7. The third-order valence-corrected chi connectivity index (χ3v) is 5.26. The molecular formula is C20H30N2O2. The molecule has 24 heavy (non-hydrogen) atoms. The Balaban J connectivity index is 1.43. The highest BCUT2D eigenvalue weighted by Gasteiger charge is 2.27. The van der Waals surface area contributed by atoms with Crippen LogP contribution >= 0.6 is 0 Å². The van der Waals surface area contributed by atoms with Gasteiger partial charge in [0.1, 0.15) is 6.61 Å². The first kappa shape index (κ1) is 17.4. The summed E-state index contributed by atoms with van der Waals surface area (Å²) < 4.78 is 5.66. The number of hydrogen-bond donors (Lipinski definition) is 0. The van der Waals surface area contributed by atoms with Crippen LogP contribution in [0.5, 0.6) is 0 Å². The number of hydrogen-bond acceptors (Lipinski definition) is 3. The summed E-state index contributed by atoms with van der Waals surface area (Å²) in [6, 6.07) is 10.5. The smallest absolute Gasteiger partial charge is 0.248 e. The van der Waals surface area contributed by atoms with Gasteiger partial charge in [-0.3, -0.25) is 4.79 Å². The van der Waals surface area contributed by atoms with Crippen molar-refractivity contribution in [2.45, 2.75) is 51.2 Å². The maximum atomic E-state index is 12.6. The van der Waals surface area contributed by atoms with Gasteiger partial charge in [-0.25, -0.2) is 0 Å². The van der Waals surface area contributed by atoms with Gasteiger partial charge in [0.05, 0.1) is 6.61 Å². The number of ether oxygens (including phenoxy) is 1. The van der Waals surface area contributed by atoms with Gasteiger partial charge in [-0.2, -0.15) is 0 Å². The highest BCUT2D eigenvalue weighted by atomic mass is 16.5. The minimum atomic E-state index is 0.164. The van der Waals surface area contributed by atoms with Crippen LogP contribution in [0.4, 0.5) is 0 Å². The number of benzene rings is 1. The van der Waals surface area contributed by atoms with Crippen molar-refractivity contribution in [2.24, 2.45) is 0 Å². The molecule has 1 aromatic rings. The fourth-order valence-electron chi connectivity index (χ4n) is 3.88. The first-order valence-corrected chi connectivity index (χ1v) is 9.46. The van der Waals surface area contributed by atoms with E-state index in [2.05, 4.69) is 9.80 Å². The van der Waals surface area contributed by atoms with Gasteiger partial charge in [0.25, 0.3) is 0 Å². The van der Waals surface area contributed by atoms with Crippen LogP contribution in [0.1, 0.15) is 44.1 Å². The van der Waals surface area contributed by atoms with Crippen molar-refractivity contribution in [1.29, 1.82) is 0 Å². The molecule has 1 amide bonds. The lowest BCUT2D eigenvalue weighted by atomic mass is 9.99. The maximum absolute atomic E-state index is 12.6. The summed E-state index contributed by atoms with van der Waals surface area (Å²) in [5, 5.41) is 0. The van der Waals surface area contributed by atoms with Crippen molar-refractivity contribution in [3.63, 3.8) is 0 Å². The minimum absolute atomic E-state index is 0.164. The van der Waals surface area contributed by atoms with E-state index in [9.17, 15) is 4.79 Å². The summed E-state index contributed by atoms with van der Waals surface area (Å²) in [5.74, 6) is 0.164. The Kier molecular flexibility index (Phi) is 6.67. The topological polar surface area (TPSA) is 32.8 Å². The second-order valence-electron chi connectivity index (χ2n) is 7.05. The fourth-order valence-corrected chi connectivity index (χ4v) is 3.88. The van der Waals surface area contributed by atoms with Gasteiger partial charge in [0, 0.05) is 19.1 Å². The van der Waals surface area contributed by atoms with Crippen LogP contribution in [-0.2, 0) is 16.1 Å². The summed E-state index contributed by atoms with van der Waals surface area (Å²) in [5.41, 5.74) is 1.12. The molecule has 0 unspecified atom stereocenters. The van der Waals surface area contributed by atoms with E-state index in [1.807, 2.05) is 30.3 Å². The van der Waals surface area contributed by atoms with Crippen LogP contribution < -0.4 is 0 Å². The van der Waals surface area contributed by atoms with Crippen LogP contribution in [0.15, 0.2) is 30.3 Å². The third-order valence-electron chi connectivity index (χ3n) is 5.26. The lowest BCUT2D eigenvalue weighted by Crippen LogP contribution is -2.46. The predicted octanol–water partition coefficient (Wildman–Crippen LogP) is 3.07. The molecule has 0 radical (unpaired) electrons. The Labute approximate surface area is 145 Å². The molecule has 132 valence electrons. The normalized spacial score (nSPS) is 22.0. The molecule has 1 aromatic carbocycles. The highest BCUT2D eigenvalue weighted by Crippen LogP contribution is 2.21. The molecule has 0 aromatic heterocycles. The molecule has 2 aliphatic heterocycles. The van der Waals surface area contributed by atoms with Gasteiger partial charge in [0.2, 0.25) is 5.91 Å². The summed E-state index contributed by atoms with van der Waals surface area (Å²) >= 11 is 0. The van der Waals surface area contributed by atoms with Gasteiger partial charge in [0.15, 0.2) is 0 Å². The number of carbonyl (C=O) groups is 1. The number of nitrogens with zero attached hydrogens (tertiary/aromatic N) is 2. The van der Waals surface area contributed by atoms with Crippen LogP contribution in [0.25, 0.3) is 0 Å². The van der Waals surface area contributed by atoms with E-state index >= 15 is 0 Å². The zero-order chi connectivity index (χ0) is 16.6. The molecule has 4 nitrogen and oxygen atoms in total. The maximum Gasteiger partial charge on any atom is 0.248 e. The van der Waals surface area contributed by atoms with Crippen molar-refractivity contribution in [3.05, 3.63) is 35.9 Å². The molecule has 2 saturated heterocycles. The number of carbonyl (C=O) groups excluding carboxylic acids is 1. The van der Waals surface area contributed by atoms with Gasteiger partial charge in [-0.1, -0.05) is 30.3 Å². The zero-order valence-electron chi connectivity index (χ0n) is 14.7. The van der Waals surface area contributed by atoms with Crippen molar-refractivity contribution >= 4 is 5.91 Å². The average molecular weight is 330 g/mol. The van der Waals surface area contributed by atoms with Crippen LogP contribution in [0, 0.1) is 0 Å². The zero-order valence-corrected chi connectivity index (χ0v) is 14.7. The Morgan fingerprint density at radius 3 is 2.58 bits per heavy atom. The van der Waals surface area contributed by atoms with Crippen LogP contribution in [0.3, 0.4) is 0 Å². The van der Waals surface area contributed by atoms with Crippen molar-refractivity contribution in [3.8, 4) is 0 Å². The quantitative estimate of drug-likeness (QED) is 0.770. The summed E-state index contributed by atoms with van der Waals surface area (Å²) in [6.07, 6.45) is 7.31. The monoisotopic (exact) mass is 330 g/mol. The first-order valence-electron chi connectivity index (χ1n) is 9.46. The number of amides is 1. The number of piperidine rings is 1. The molecule has 2 heterocycles. The largest absolute Gasteiger partial charge is 0.367 e. The first-order chi connectivity index (χ1) is 11.8. The lowest BCUT2D eigenvalue weighted by molar-refractivity contribution is -0.140. The standard InChI is InChI=1S/C20H30N2O2/c23-20(17-24-16-18-8-2-1-3-9-18)22-14-5-4-10-19(22)11-15-21-12-6-7-13-21/h1-3,8-9,19H,4-7,10-17H2/t19-/m1/s1. The molecule has 0 bridgehead atoms. The van der Waals surface area contributed by atoms with Gasteiger partial charge >= 0.3 is 0 Å². The van der Waals surface area contributed by atoms with E-state index in [0.717, 1.165) is 37.9 Å². The Morgan fingerprint density at radius 2 is 1.79 bits per heavy atom. The summed E-state index contributed by atoms with van der Waals surface area (Å²) in [4.78, 5) is 17.2. The molecule has 1 atom stereocenters. The SMILES string of the molecule is O=C(COCc1ccccc1)N1CCCC[C@@H]1CCN1CCCC1. The van der Waals surface area contributed by atoms with E-state index in [1.54, 1.807) is 0 Å². The van der Waals surface area contributed by atoms with E-state index in [4.69, 9.17) is 4.74 Å². The van der Waals surface area contributed by atoms with E-state index in [-0.39, 0.29) is 12.5 Å². The van der Waals surface area contributed by atoms with Crippen LogP contribution in [0.2, 0.25) is 0 Å².